The Morgan fingerprint density at radius 2 is 1.50 bits per heavy atom. The number of likely N-dealkylation sites (tertiary alicyclic amines) is 2. The van der Waals surface area contributed by atoms with E-state index in [9.17, 15) is 0 Å². The minimum absolute atomic E-state index is 0.601. The molecule has 1 spiro atoms. The van der Waals surface area contributed by atoms with Crippen molar-refractivity contribution < 1.29 is 0 Å². The minimum Gasteiger partial charge on any atom is -0.299 e. The van der Waals surface area contributed by atoms with Gasteiger partial charge in [0.05, 0.1) is 5.69 Å². The highest BCUT2D eigenvalue weighted by Crippen LogP contribution is 2.41. The van der Waals surface area contributed by atoms with Crippen LogP contribution >= 0.6 is 11.5 Å². The molecule has 128 valence electrons. The zero-order valence-electron chi connectivity index (χ0n) is 14.2. The molecule has 0 saturated carbocycles. The molecule has 2 fully saturated rings. The van der Waals surface area contributed by atoms with Gasteiger partial charge in [0.15, 0.2) is 0 Å². The molecule has 0 N–H and O–H groups in total. The van der Waals surface area contributed by atoms with Gasteiger partial charge >= 0.3 is 0 Å². The maximum Gasteiger partial charge on any atom is 0.0895 e. The molecular formula is C19H26N4S. The molecule has 1 aromatic carbocycles. The fraction of sp³-hybridized carbons (Fsp3) is 0.579. The van der Waals surface area contributed by atoms with Gasteiger partial charge in [0.2, 0.25) is 0 Å². The lowest BCUT2D eigenvalue weighted by Gasteiger charge is -2.47. The summed E-state index contributed by atoms with van der Waals surface area (Å²) in [6, 6.07) is 10.9. The van der Waals surface area contributed by atoms with Crippen LogP contribution in [-0.2, 0) is 13.1 Å². The summed E-state index contributed by atoms with van der Waals surface area (Å²) < 4.78 is 3.97. The average molecular weight is 343 g/mol. The Hall–Kier alpha value is -1.30. The monoisotopic (exact) mass is 342 g/mol. The summed E-state index contributed by atoms with van der Waals surface area (Å²) in [7, 11) is 0. The van der Waals surface area contributed by atoms with Crippen LogP contribution in [0.15, 0.2) is 35.7 Å². The Balaban J connectivity index is 1.25. The van der Waals surface area contributed by atoms with Crippen molar-refractivity contribution in [3.63, 3.8) is 0 Å². The van der Waals surface area contributed by atoms with E-state index in [1.165, 1.54) is 69.0 Å². The number of hydrogen-bond acceptors (Lipinski definition) is 5. The molecule has 0 amide bonds. The van der Waals surface area contributed by atoms with Gasteiger partial charge in [-0.1, -0.05) is 34.8 Å². The number of piperidine rings is 2. The van der Waals surface area contributed by atoms with E-state index in [1.54, 1.807) is 0 Å². The fourth-order valence-electron chi connectivity index (χ4n) is 4.19. The molecule has 24 heavy (non-hydrogen) atoms. The molecule has 0 atom stereocenters. The number of hydrogen-bond donors (Lipinski definition) is 0. The van der Waals surface area contributed by atoms with Gasteiger partial charge < -0.3 is 0 Å². The van der Waals surface area contributed by atoms with Crippen molar-refractivity contribution >= 4 is 11.5 Å². The lowest BCUT2D eigenvalue weighted by molar-refractivity contribution is 0.0296. The maximum absolute atomic E-state index is 4.18. The van der Waals surface area contributed by atoms with Crippen LogP contribution in [0.5, 0.6) is 0 Å². The third kappa shape index (κ3) is 3.85. The summed E-state index contributed by atoms with van der Waals surface area (Å²) in [6.45, 7) is 7.04. The van der Waals surface area contributed by atoms with E-state index < -0.39 is 0 Å². The lowest BCUT2D eigenvalue weighted by atomic mass is 9.71. The second-order valence-electron chi connectivity index (χ2n) is 7.43. The Morgan fingerprint density at radius 3 is 2.08 bits per heavy atom. The predicted octanol–water partition coefficient (Wildman–Crippen LogP) is 3.42. The summed E-state index contributed by atoms with van der Waals surface area (Å²) in [5, 5.41) is 6.26. The van der Waals surface area contributed by atoms with Crippen molar-refractivity contribution in [2.24, 2.45) is 5.41 Å². The van der Waals surface area contributed by atoms with Crippen molar-refractivity contribution in [1.82, 2.24) is 19.4 Å². The summed E-state index contributed by atoms with van der Waals surface area (Å²) in [5.41, 5.74) is 3.18. The van der Waals surface area contributed by atoms with E-state index in [0.717, 1.165) is 18.8 Å². The third-order valence-electron chi connectivity index (χ3n) is 5.87. The molecule has 1 aromatic heterocycles. The van der Waals surface area contributed by atoms with Crippen molar-refractivity contribution in [1.29, 1.82) is 0 Å². The maximum atomic E-state index is 4.18. The van der Waals surface area contributed by atoms with Gasteiger partial charge in [-0.15, -0.1) is 5.10 Å². The highest BCUT2D eigenvalue weighted by atomic mass is 32.1. The molecular weight excluding hydrogens is 316 g/mol. The molecule has 5 heteroatoms. The Kier molecular flexibility index (Phi) is 4.92. The van der Waals surface area contributed by atoms with Crippen molar-refractivity contribution in [3.8, 4) is 0 Å². The second kappa shape index (κ2) is 7.30. The molecule has 0 unspecified atom stereocenters. The van der Waals surface area contributed by atoms with Crippen LogP contribution in [0.3, 0.4) is 0 Å². The molecule has 2 aliphatic heterocycles. The van der Waals surface area contributed by atoms with E-state index in [1.807, 2.05) is 0 Å². The fourth-order valence-corrected chi connectivity index (χ4v) is 4.64. The Labute approximate surface area is 148 Å². The molecule has 2 aromatic rings. The molecule has 4 nitrogen and oxygen atoms in total. The molecule has 2 aliphatic rings. The van der Waals surface area contributed by atoms with Crippen molar-refractivity contribution in [2.45, 2.75) is 38.8 Å². The molecule has 3 heterocycles. The van der Waals surface area contributed by atoms with E-state index >= 15 is 0 Å². The third-order valence-corrected chi connectivity index (χ3v) is 6.43. The van der Waals surface area contributed by atoms with Gasteiger partial charge in [-0.3, -0.25) is 9.80 Å². The summed E-state index contributed by atoms with van der Waals surface area (Å²) in [5.74, 6) is 0. The smallest absolute Gasteiger partial charge is 0.0895 e. The van der Waals surface area contributed by atoms with E-state index in [-0.39, 0.29) is 0 Å². The second-order valence-corrected chi connectivity index (χ2v) is 8.04. The van der Waals surface area contributed by atoms with Crippen LogP contribution < -0.4 is 0 Å². The summed E-state index contributed by atoms with van der Waals surface area (Å²) >= 11 is 1.46. The van der Waals surface area contributed by atoms with Crippen LogP contribution in [0.4, 0.5) is 0 Å². The first kappa shape index (κ1) is 16.2. The highest BCUT2D eigenvalue weighted by molar-refractivity contribution is 7.03. The molecule has 0 bridgehead atoms. The SMILES string of the molecule is c1ccc(CN2CCC3(CC2)CCN(Cc2csnn2)CC3)cc1. The first-order valence-electron chi connectivity index (χ1n) is 9.06. The van der Waals surface area contributed by atoms with Gasteiger partial charge in [0.1, 0.15) is 0 Å². The lowest BCUT2D eigenvalue weighted by Crippen LogP contribution is -2.46. The zero-order valence-corrected chi connectivity index (χ0v) is 15.0. The van der Waals surface area contributed by atoms with Gasteiger partial charge in [0, 0.05) is 18.5 Å². The van der Waals surface area contributed by atoms with Crippen LogP contribution in [0.2, 0.25) is 0 Å². The van der Waals surface area contributed by atoms with Gasteiger partial charge in [0.25, 0.3) is 0 Å². The first-order chi connectivity index (χ1) is 11.8. The molecule has 0 aliphatic carbocycles. The van der Waals surface area contributed by atoms with E-state index in [2.05, 4.69) is 55.1 Å². The summed E-state index contributed by atoms with van der Waals surface area (Å²) in [4.78, 5) is 5.19. The Bertz CT molecular complexity index is 610. The van der Waals surface area contributed by atoms with E-state index in [0.29, 0.717) is 5.41 Å². The average Bonchev–Trinajstić information content (AvgIpc) is 3.13. The minimum atomic E-state index is 0.601. The van der Waals surface area contributed by atoms with Gasteiger partial charge in [-0.05, 0) is 74.4 Å². The summed E-state index contributed by atoms with van der Waals surface area (Å²) in [6.07, 6.45) is 5.44. The highest BCUT2D eigenvalue weighted by Gasteiger charge is 2.37. The predicted molar refractivity (Wildman–Crippen MR) is 97.8 cm³/mol. The van der Waals surface area contributed by atoms with Crippen LogP contribution in [-0.4, -0.2) is 45.6 Å². The number of benzene rings is 1. The van der Waals surface area contributed by atoms with Crippen LogP contribution in [0.25, 0.3) is 0 Å². The zero-order chi connectivity index (χ0) is 16.2. The van der Waals surface area contributed by atoms with Gasteiger partial charge in [-0.2, -0.15) is 0 Å². The van der Waals surface area contributed by atoms with Crippen LogP contribution in [0.1, 0.15) is 36.9 Å². The molecule has 4 rings (SSSR count). The molecule has 0 radical (unpaired) electrons. The largest absolute Gasteiger partial charge is 0.299 e. The Morgan fingerprint density at radius 1 is 0.875 bits per heavy atom. The molecule has 2 saturated heterocycles. The topological polar surface area (TPSA) is 32.3 Å². The van der Waals surface area contributed by atoms with E-state index in [4.69, 9.17) is 0 Å². The number of nitrogens with zero attached hydrogens (tertiary/aromatic N) is 4. The quantitative estimate of drug-likeness (QED) is 0.852. The van der Waals surface area contributed by atoms with Gasteiger partial charge in [-0.25, -0.2) is 0 Å². The normalized spacial score (nSPS) is 22.0. The standard InChI is InChI=1S/C19H26N4S/c1-2-4-17(5-3-1)14-22-10-6-19(7-11-22)8-12-23(13-9-19)15-18-16-24-21-20-18/h1-5,16H,6-15H2. The number of rotatable bonds is 4. The van der Waals surface area contributed by atoms with Crippen molar-refractivity contribution in [2.75, 3.05) is 26.2 Å². The first-order valence-corrected chi connectivity index (χ1v) is 9.90. The number of aromatic nitrogens is 2. The van der Waals surface area contributed by atoms with Crippen LogP contribution in [0, 0.1) is 5.41 Å². The van der Waals surface area contributed by atoms with Crippen molar-refractivity contribution in [3.05, 3.63) is 47.0 Å².